The molecule has 40 heavy (non-hydrogen) atoms. The second-order valence-corrected chi connectivity index (χ2v) is 11.4. The number of aryl methyl sites for hydroxylation is 1. The predicted molar refractivity (Wildman–Crippen MR) is 157 cm³/mol. The van der Waals surface area contributed by atoms with Crippen molar-refractivity contribution in [2.24, 2.45) is 0 Å². The molecule has 0 aliphatic heterocycles. The van der Waals surface area contributed by atoms with Crippen molar-refractivity contribution in [3.8, 4) is 28.8 Å². The number of hydrogen-bond acceptors (Lipinski definition) is 5. The molecule has 198 valence electrons. The lowest BCUT2D eigenvalue weighted by atomic mass is 10.1. The summed E-state index contributed by atoms with van der Waals surface area (Å²) in [5.74, 6) is 0.592. The van der Waals surface area contributed by atoms with Gasteiger partial charge < -0.3 is 4.74 Å². The maximum atomic E-state index is 13.4. The molecule has 1 heterocycles. The maximum absolute atomic E-state index is 13.4. The standard InChI is InChI=1S/C32H24ClN3O3S/c1-23-14-16-29(17-15-23)40(37,38)30(20-34)19-26-21-36(27-10-3-2-4-11-27)35-32(26)24-9-7-12-28(18-24)39-22-25-8-5-6-13-31(25)33/h2-19,21H,22H2,1H3/b30-19-. The van der Waals surface area contributed by atoms with E-state index in [0.717, 1.165) is 16.8 Å². The Labute approximate surface area is 238 Å². The minimum atomic E-state index is -4.05. The highest BCUT2D eigenvalue weighted by Crippen LogP contribution is 2.31. The molecule has 6 nitrogen and oxygen atoms in total. The molecule has 0 saturated heterocycles. The fraction of sp³-hybridized carbons (Fsp3) is 0.0625. The van der Waals surface area contributed by atoms with Crippen LogP contribution in [0.25, 0.3) is 23.0 Å². The van der Waals surface area contributed by atoms with Crippen LogP contribution in [0.4, 0.5) is 0 Å². The third-order valence-corrected chi connectivity index (χ3v) is 8.29. The summed E-state index contributed by atoms with van der Waals surface area (Å²) >= 11 is 6.28. The molecule has 5 aromatic rings. The van der Waals surface area contributed by atoms with Crippen molar-refractivity contribution in [3.05, 3.63) is 136 Å². The van der Waals surface area contributed by atoms with Gasteiger partial charge in [-0.05, 0) is 55.5 Å². The summed E-state index contributed by atoms with van der Waals surface area (Å²) in [6, 6.07) is 32.6. The van der Waals surface area contributed by atoms with E-state index in [2.05, 4.69) is 0 Å². The van der Waals surface area contributed by atoms with Gasteiger partial charge in [-0.15, -0.1) is 0 Å². The molecule has 5 rings (SSSR count). The molecule has 0 bridgehead atoms. The summed E-state index contributed by atoms with van der Waals surface area (Å²) in [4.78, 5) is -0.325. The third kappa shape index (κ3) is 5.84. The first-order valence-corrected chi connectivity index (χ1v) is 14.3. The van der Waals surface area contributed by atoms with E-state index >= 15 is 0 Å². The summed E-state index contributed by atoms with van der Waals surface area (Å²) in [5, 5.41) is 15.3. The van der Waals surface area contributed by atoms with Gasteiger partial charge in [0.15, 0.2) is 0 Å². The number of sulfone groups is 1. The van der Waals surface area contributed by atoms with Crippen LogP contribution in [0, 0.1) is 18.3 Å². The van der Waals surface area contributed by atoms with E-state index in [0.29, 0.717) is 27.6 Å². The fourth-order valence-electron chi connectivity index (χ4n) is 4.10. The largest absolute Gasteiger partial charge is 0.489 e. The van der Waals surface area contributed by atoms with Gasteiger partial charge in [-0.1, -0.05) is 77.8 Å². The van der Waals surface area contributed by atoms with E-state index < -0.39 is 9.84 Å². The Bertz CT molecular complexity index is 1840. The SMILES string of the molecule is Cc1ccc(S(=O)(=O)/C(C#N)=C\c2cn(-c3ccccc3)nc2-c2cccc(OCc3ccccc3Cl)c2)cc1. The van der Waals surface area contributed by atoms with Gasteiger partial charge in [-0.25, -0.2) is 13.1 Å². The molecule has 0 unspecified atom stereocenters. The van der Waals surface area contributed by atoms with E-state index in [1.165, 1.54) is 18.2 Å². The smallest absolute Gasteiger partial charge is 0.216 e. The Morgan fingerprint density at radius 3 is 2.42 bits per heavy atom. The molecule has 0 atom stereocenters. The Morgan fingerprint density at radius 2 is 1.70 bits per heavy atom. The molecule has 4 aromatic carbocycles. The van der Waals surface area contributed by atoms with Crippen molar-refractivity contribution in [1.82, 2.24) is 9.78 Å². The van der Waals surface area contributed by atoms with E-state index in [1.807, 2.05) is 91.9 Å². The van der Waals surface area contributed by atoms with Crippen LogP contribution in [-0.4, -0.2) is 18.2 Å². The highest BCUT2D eigenvalue weighted by Gasteiger charge is 2.22. The van der Waals surface area contributed by atoms with E-state index in [1.54, 1.807) is 23.0 Å². The first kappa shape index (κ1) is 26.9. The minimum Gasteiger partial charge on any atom is -0.489 e. The zero-order valence-corrected chi connectivity index (χ0v) is 23.1. The number of halogens is 1. The molecule has 0 amide bonds. The lowest BCUT2D eigenvalue weighted by Crippen LogP contribution is -2.03. The van der Waals surface area contributed by atoms with E-state index in [-0.39, 0.29) is 16.4 Å². The molecule has 0 N–H and O–H groups in total. The first-order chi connectivity index (χ1) is 19.3. The second kappa shape index (κ2) is 11.6. The zero-order valence-electron chi connectivity index (χ0n) is 21.5. The first-order valence-electron chi connectivity index (χ1n) is 12.4. The summed E-state index contributed by atoms with van der Waals surface area (Å²) < 4.78 is 34.4. The van der Waals surface area contributed by atoms with Crippen molar-refractivity contribution >= 4 is 27.5 Å². The number of para-hydroxylation sites is 1. The number of allylic oxidation sites excluding steroid dienone is 1. The normalized spacial score (nSPS) is 11.7. The van der Waals surface area contributed by atoms with Crippen LogP contribution in [0.5, 0.6) is 5.75 Å². The molecular formula is C32H24ClN3O3S. The summed E-state index contributed by atoms with van der Waals surface area (Å²) in [6.45, 7) is 2.15. The number of aromatic nitrogens is 2. The average molecular weight is 566 g/mol. The Kier molecular flexibility index (Phi) is 7.83. The van der Waals surface area contributed by atoms with Gasteiger partial charge in [-0.2, -0.15) is 10.4 Å². The Hall–Kier alpha value is -4.64. The quantitative estimate of drug-likeness (QED) is 0.183. The predicted octanol–water partition coefficient (Wildman–Crippen LogP) is 7.42. The zero-order chi connectivity index (χ0) is 28.1. The molecule has 0 radical (unpaired) electrons. The lowest BCUT2D eigenvalue weighted by Gasteiger charge is -2.09. The van der Waals surface area contributed by atoms with Crippen LogP contribution >= 0.6 is 11.6 Å². The van der Waals surface area contributed by atoms with E-state index in [9.17, 15) is 13.7 Å². The van der Waals surface area contributed by atoms with Crippen LogP contribution in [0.1, 0.15) is 16.7 Å². The number of ether oxygens (including phenoxy) is 1. The highest BCUT2D eigenvalue weighted by molar-refractivity contribution is 7.95. The number of nitriles is 1. The molecule has 0 spiro atoms. The molecule has 0 aliphatic rings. The van der Waals surface area contributed by atoms with Crippen molar-refractivity contribution in [1.29, 1.82) is 5.26 Å². The van der Waals surface area contributed by atoms with Gasteiger partial charge in [0.2, 0.25) is 9.84 Å². The van der Waals surface area contributed by atoms with Gasteiger partial charge in [0.1, 0.15) is 29.0 Å². The topological polar surface area (TPSA) is 85.0 Å². The summed E-state index contributed by atoms with van der Waals surface area (Å²) in [6.07, 6.45) is 3.08. The Balaban J connectivity index is 1.57. The maximum Gasteiger partial charge on any atom is 0.216 e. The third-order valence-electron chi connectivity index (χ3n) is 6.24. The average Bonchev–Trinajstić information content (AvgIpc) is 3.40. The number of nitrogens with zero attached hydrogens (tertiary/aromatic N) is 3. The van der Waals surface area contributed by atoms with Crippen molar-refractivity contribution in [2.75, 3.05) is 0 Å². The molecule has 0 saturated carbocycles. The minimum absolute atomic E-state index is 0.0536. The fourth-order valence-corrected chi connectivity index (χ4v) is 5.44. The van der Waals surface area contributed by atoms with Crippen LogP contribution < -0.4 is 4.74 Å². The molecule has 0 fully saturated rings. The second-order valence-electron chi connectivity index (χ2n) is 9.06. The molecular weight excluding hydrogens is 542 g/mol. The van der Waals surface area contributed by atoms with Crippen molar-refractivity contribution < 1.29 is 13.2 Å². The van der Waals surface area contributed by atoms with Gasteiger partial charge in [0, 0.05) is 27.9 Å². The van der Waals surface area contributed by atoms with Crippen molar-refractivity contribution in [3.63, 3.8) is 0 Å². The van der Waals surface area contributed by atoms with Crippen LogP contribution in [0.15, 0.2) is 119 Å². The van der Waals surface area contributed by atoms with Gasteiger partial charge in [0.05, 0.1) is 10.6 Å². The van der Waals surface area contributed by atoms with Crippen LogP contribution in [0.2, 0.25) is 5.02 Å². The van der Waals surface area contributed by atoms with E-state index in [4.69, 9.17) is 21.4 Å². The Morgan fingerprint density at radius 1 is 0.975 bits per heavy atom. The summed E-state index contributed by atoms with van der Waals surface area (Å²) in [7, 11) is -4.05. The number of rotatable bonds is 8. The summed E-state index contributed by atoms with van der Waals surface area (Å²) in [5.41, 5.74) is 4.23. The van der Waals surface area contributed by atoms with Gasteiger partial charge in [-0.3, -0.25) is 0 Å². The van der Waals surface area contributed by atoms with Crippen LogP contribution in [-0.2, 0) is 16.4 Å². The number of hydrogen-bond donors (Lipinski definition) is 0. The van der Waals surface area contributed by atoms with Crippen molar-refractivity contribution in [2.45, 2.75) is 18.4 Å². The molecule has 0 aliphatic carbocycles. The molecule has 8 heteroatoms. The lowest BCUT2D eigenvalue weighted by molar-refractivity contribution is 0.306. The van der Waals surface area contributed by atoms with Gasteiger partial charge in [0.25, 0.3) is 0 Å². The molecule has 1 aromatic heterocycles. The number of benzene rings is 4. The highest BCUT2D eigenvalue weighted by atomic mass is 35.5. The van der Waals surface area contributed by atoms with Gasteiger partial charge >= 0.3 is 0 Å². The van der Waals surface area contributed by atoms with Crippen LogP contribution in [0.3, 0.4) is 0 Å². The monoisotopic (exact) mass is 565 g/mol.